The predicted molar refractivity (Wildman–Crippen MR) is 101 cm³/mol. The van der Waals surface area contributed by atoms with Gasteiger partial charge in [0, 0.05) is 51.4 Å². The number of hydrogen-bond acceptors (Lipinski definition) is 5. The highest BCUT2D eigenvalue weighted by molar-refractivity contribution is 6.32. The Hall–Kier alpha value is -2.14. The van der Waals surface area contributed by atoms with Crippen LogP contribution in [-0.2, 0) is 14.3 Å². The molecule has 0 aromatic heterocycles. The number of hydrogen-bond donors (Lipinski definition) is 1. The zero-order valence-electron chi connectivity index (χ0n) is 15.1. The van der Waals surface area contributed by atoms with Gasteiger partial charge in [0.1, 0.15) is 12.2 Å². The molecular weight excluding hydrogens is 368 g/mol. The number of piperazine rings is 1. The molecule has 0 saturated carbocycles. The van der Waals surface area contributed by atoms with Gasteiger partial charge < -0.3 is 15.0 Å². The van der Waals surface area contributed by atoms with Gasteiger partial charge in [0.15, 0.2) is 0 Å². The molecule has 1 aromatic rings. The number of benzene rings is 1. The van der Waals surface area contributed by atoms with Gasteiger partial charge in [-0.1, -0.05) is 11.6 Å². The number of amides is 2. The Kier molecular flexibility index (Phi) is 6.67. The Bertz CT molecular complexity index is 735. The van der Waals surface area contributed by atoms with E-state index in [0.29, 0.717) is 48.9 Å². The molecule has 8 heteroatoms. The molecule has 7 nitrogen and oxygen atoms in total. The van der Waals surface area contributed by atoms with Gasteiger partial charge in [-0.05, 0) is 31.0 Å². The van der Waals surface area contributed by atoms with Crippen LogP contribution < -0.4 is 5.32 Å². The maximum atomic E-state index is 12.3. The third-order valence-corrected chi connectivity index (χ3v) is 5.23. The summed E-state index contributed by atoms with van der Waals surface area (Å²) in [6.07, 6.45) is 1.87. The lowest BCUT2D eigenvalue weighted by atomic mass is 10.2. The molecule has 1 unspecified atom stereocenters. The van der Waals surface area contributed by atoms with Crippen LogP contribution in [0.25, 0.3) is 0 Å². The predicted octanol–water partition coefficient (Wildman–Crippen LogP) is 1.86. The largest absolute Gasteiger partial charge is 0.368 e. The molecule has 0 radical (unpaired) electrons. The fraction of sp³-hybridized carbons (Fsp3) is 0.526. The van der Waals surface area contributed by atoms with Crippen LogP contribution in [0.1, 0.15) is 24.8 Å². The second-order valence-corrected chi connectivity index (χ2v) is 7.18. The van der Waals surface area contributed by atoms with Crippen molar-refractivity contribution in [1.29, 1.82) is 5.26 Å². The fourth-order valence-corrected chi connectivity index (χ4v) is 3.56. The highest BCUT2D eigenvalue weighted by atomic mass is 35.5. The van der Waals surface area contributed by atoms with Crippen molar-refractivity contribution in [3.8, 4) is 6.07 Å². The smallest absolute Gasteiger partial charge is 0.251 e. The summed E-state index contributed by atoms with van der Waals surface area (Å²) in [4.78, 5) is 28.5. The third-order valence-electron chi connectivity index (χ3n) is 4.92. The highest BCUT2D eigenvalue weighted by Crippen LogP contribution is 2.20. The van der Waals surface area contributed by atoms with Crippen LogP contribution in [-0.4, -0.2) is 67.0 Å². The standard InChI is InChI=1S/C19H23ClN4O3/c20-16-12-15(4-3-14(16)13-21)22-18(25)5-6-23-7-9-24(10-8-23)19(26)17-2-1-11-27-17/h3-4,12,17H,1-2,5-11H2,(H,22,25). The van der Waals surface area contributed by atoms with Gasteiger partial charge in [0.25, 0.3) is 5.91 Å². The van der Waals surface area contributed by atoms with Crippen molar-refractivity contribution in [3.05, 3.63) is 28.8 Å². The van der Waals surface area contributed by atoms with Gasteiger partial charge in [-0.15, -0.1) is 0 Å². The maximum absolute atomic E-state index is 12.3. The van der Waals surface area contributed by atoms with E-state index < -0.39 is 0 Å². The minimum atomic E-state index is -0.262. The van der Waals surface area contributed by atoms with Crippen LogP contribution in [0, 0.1) is 11.3 Å². The summed E-state index contributed by atoms with van der Waals surface area (Å²) in [6.45, 7) is 4.17. The van der Waals surface area contributed by atoms with E-state index in [4.69, 9.17) is 21.6 Å². The second-order valence-electron chi connectivity index (χ2n) is 6.77. The van der Waals surface area contributed by atoms with Crippen LogP contribution >= 0.6 is 11.6 Å². The van der Waals surface area contributed by atoms with Gasteiger partial charge in [-0.3, -0.25) is 14.5 Å². The van der Waals surface area contributed by atoms with E-state index >= 15 is 0 Å². The Balaban J connectivity index is 1.39. The lowest BCUT2D eigenvalue weighted by Gasteiger charge is -2.35. The molecule has 2 fully saturated rings. The topological polar surface area (TPSA) is 85.7 Å². The van der Waals surface area contributed by atoms with Gasteiger partial charge in [-0.25, -0.2) is 0 Å². The number of nitrogens with zero attached hydrogens (tertiary/aromatic N) is 3. The molecule has 0 aliphatic carbocycles. The number of ether oxygens (including phenoxy) is 1. The van der Waals surface area contributed by atoms with Gasteiger partial charge >= 0.3 is 0 Å². The Morgan fingerprint density at radius 1 is 1.30 bits per heavy atom. The number of nitrogens with one attached hydrogen (secondary N) is 1. The minimum absolute atomic E-state index is 0.0996. The first-order valence-corrected chi connectivity index (χ1v) is 9.57. The van der Waals surface area contributed by atoms with E-state index in [9.17, 15) is 9.59 Å². The van der Waals surface area contributed by atoms with Crippen molar-refractivity contribution in [2.45, 2.75) is 25.4 Å². The molecular formula is C19H23ClN4O3. The molecule has 1 atom stereocenters. The molecule has 1 N–H and O–H groups in total. The van der Waals surface area contributed by atoms with Crippen LogP contribution in [0.2, 0.25) is 5.02 Å². The quantitative estimate of drug-likeness (QED) is 0.829. The summed E-state index contributed by atoms with van der Waals surface area (Å²) < 4.78 is 5.47. The van der Waals surface area contributed by atoms with E-state index in [-0.39, 0.29) is 17.9 Å². The van der Waals surface area contributed by atoms with Crippen LogP contribution in [0.3, 0.4) is 0 Å². The number of rotatable bonds is 5. The average molecular weight is 391 g/mol. The highest BCUT2D eigenvalue weighted by Gasteiger charge is 2.30. The summed E-state index contributed by atoms with van der Waals surface area (Å²) in [7, 11) is 0. The van der Waals surface area contributed by atoms with Gasteiger partial charge in [-0.2, -0.15) is 5.26 Å². The molecule has 2 heterocycles. The zero-order chi connectivity index (χ0) is 19.2. The molecule has 0 spiro atoms. The maximum Gasteiger partial charge on any atom is 0.251 e. The monoisotopic (exact) mass is 390 g/mol. The van der Waals surface area contributed by atoms with Crippen molar-refractivity contribution in [2.24, 2.45) is 0 Å². The van der Waals surface area contributed by atoms with E-state index in [1.165, 1.54) is 0 Å². The summed E-state index contributed by atoms with van der Waals surface area (Å²) in [5, 5.41) is 12.0. The first kappa shape index (κ1) is 19.6. The molecule has 1 aromatic carbocycles. The first-order chi connectivity index (χ1) is 13.1. The Morgan fingerprint density at radius 3 is 2.70 bits per heavy atom. The molecule has 2 saturated heterocycles. The van der Waals surface area contributed by atoms with Crippen molar-refractivity contribution in [1.82, 2.24) is 9.80 Å². The van der Waals surface area contributed by atoms with E-state index in [1.54, 1.807) is 18.2 Å². The number of halogens is 1. The fourth-order valence-electron chi connectivity index (χ4n) is 3.33. The molecule has 3 rings (SSSR count). The van der Waals surface area contributed by atoms with Crippen LogP contribution in [0.15, 0.2) is 18.2 Å². The van der Waals surface area contributed by atoms with Crippen molar-refractivity contribution in [2.75, 3.05) is 44.6 Å². The molecule has 27 heavy (non-hydrogen) atoms. The minimum Gasteiger partial charge on any atom is -0.368 e. The van der Waals surface area contributed by atoms with Crippen LogP contribution in [0.5, 0.6) is 0 Å². The molecule has 2 amide bonds. The van der Waals surface area contributed by atoms with E-state index in [0.717, 1.165) is 25.9 Å². The van der Waals surface area contributed by atoms with Crippen molar-refractivity contribution >= 4 is 29.1 Å². The summed E-state index contributed by atoms with van der Waals surface area (Å²) in [5.74, 6) is -0.00350. The van der Waals surface area contributed by atoms with E-state index in [1.807, 2.05) is 11.0 Å². The number of anilines is 1. The Labute approximate surface area is 163 Å². The second kappa shape index (κ2) is 9.18. The molecule has 144 valence electrons. The SMILES string of the molecule is N#Cc1ccc(NC(=O)CCN2CCN(C(=O)C3CCCO3)CC2)cc1Cl. The summed E-state index contributed by atoms with van der Waals surface area (Å²) in [5.41, 5.74) is 0.959. The molecule has 0 bridgehead atoms. The lowest BCUT2D eigenvalue weighted by Crippen LogP contribution is -2.51. The number of carbonyl (C=O) groups excluding carboxylic acids is 2. The average Bonchev–Trinajstić information content (AvgIpc) is 3.21. The van der Waals surface area contributed by atoms with Crippen molar-refractivity contribution in [3.63, 3.8) is 0 Å². The van der Waals surface area contributed by atoms with Gasteiger partial charge in [0.2, 0.25) is 5.91 Å². The third kappa shape index (κ3) is 5.19. The summed E-state index contributed by atoms with van der Waals surface area (Å²) >= 11 is 5.97. The zero-order valence-corrected chi connectivity index (χ0v) is 15.9. The molecule has 2 aliphatic heterocycles. The van der Waals surface area contributed by atoms with Gasteiger partial charge in [0.05, 0.1) is 10.6 Å². The van der Waals surface area contributed by atoms with Crippen LogP contribution in [0.4, 0.5) is 5.69 Å². The Morgan fingerprint density at radius 2 is 2.07 bits per heavy atom. The normalized spacial score (nSPS) is 20.3. The summed E-state index contributed by atoms with van der Waals surface area (Å²) in [6, 6.07) is 6.81. The van der Waals surface area contributed by atoms with Crippen molar-refractivity contribution < 1.29 is 14.3 Å². The van der Waals surface area contributed by atoms with E-state index in [2.05, 4.69) is 10.2 Å². The lowest BCUT2D eigenvalue weighted by molar-refractivity contribution is -0.142. The molecule has 2 aliphatic rings. The first-order valence-electron chi connectivity index (χ1n) is 9.19. The number of carbonyl (C=O) groups is 2. The number of nitriles is 1.